The van der Waals surface area contributed by atoms with E-state index in [0.29, 0.717) is 0 Å². The van der Waals surface area contributed by atoms with E-state index in [1.165, 1.54) is 14.0 Å². The van der Waals surface area contributed by atoms with Crippen LogP contribution in [0.25, 0.3) is 0 Å². The summed E-state index contributed by atoms with van der Waals surface area (Å²) in [4.78, 5) is 21.5. The van der Waals surface area contributed by atoms with Gasteiger partial charge in [-0.05, 0) is 12.5 Å². The third-order valence-corrected chi connectivity index (χ3v) is 2.11. The summed E-state index contributed by atoms with van der Waals surface area (Å²) in [6, 6.07) is 0. The van der Waals surface area contributed by atoms with Crippen LogP contribution in [0.5, 0.6) is 0 Å². The second-order valence-electron chi connectivity index (χ2n) is 3.26. The summed E-state index contributed by atoms with van der Waals surface area (Å²) < 4.78 is 14.2. The SMILES string of the molecule is COC(=O)OCC1CC=CC1OC(C)=O. The molecule has 84 valence electrons. The van der Waals surface area contributed by atoms with Gasteiger partial charge in [-0.1, -0.05) is 6.08 Å². The lowest BCUT2D eigenvalue weighted by molar-refractivity contribution is -0.146. The molecule has 0 spiro atoms. The van der Waals surface area contributed by atoms with Gasteiger partial charge in [0, 0.05) is 12.8 Å². The van der Waals surface area contributed by atoms with Gasteiger partial charge in [0.05, 0.1) is 7.11 Å². The molecular weight excluding hydrogens is 200 g/mol. The Morgan fingerprint density at radius 2 is 2.20 bits per heavy atom. The molecule has 0 saturated carbocycles. The van der Waals surface area contributed by atoms with Gasteiger partial charge < -0.3 is 14.2 Å². The second-order valence-corrected chi connectivity index (χ2v) is 3.26. The Morgan fingerprint density at radius 1 is 1.47 bits per heavy atom. The summed E-state index contributed by atoms with van der Waals surface area (Å²) in [5.41, 5.74) is 0. The molecule has 0 amide bonds. The molecule has 0 radical (unpaired) electrons. The fourth-order valence-corrected chi connectivity index (χ4v) is 1.40. The van der Waals surface area contributed by atoms with E-state index in [1.807, 2.05) is 6.08 Å². The van der Waals surface area contributed by atoms with E-state index in [4.69, 9.17) is 9.47 Å². The first-order chi connectivity index (χ1) is 7.13. The first-order valence-corrected chi connectivity index (χ1v) is 4.68. The zero-order valence-electron chi connectivity index (χ0n) is 8.76. The highest BCUT2D eigenvalue weighted by Crippen LogP contribution is 2.22. The van der Waals surface area contributed by atoms with E-state index in [2.05, 4.69) is 4.74 Å². The minimum absolute atomic E-state index is 0.00648. The number of ether oxygens (including phenoxy) is 3. The van der Waals surface area contributed by atoms with Crippen LogP contribution in [0.4, 0.5) is 4.79 Å². The Balaban J connectivity index is 2.35. The van der Waals surface area contributed by atoms with Crippen LogP contribution in [0.1, 0.15) is 13.3 Å². The quantitative estimate of drug-likeness (QED) is 0.523. The fraction of sp³-hybridized carbons (Fsp3) is 0.600. The molecule has 15 heavy (non-hydrogen) atoms. The molecule has 0 fully saturated rings. The van der Waals surface area contributed by atoms with Crippen LogP contribution in [0.15, 0.2) is 12.2 Å². The Bertz CT molecular complexity index is 271. The molecule has 0 aromatic heterocycles. The number of allylic oxidation sites excluding steroid dienone is 1. The van der Waals surface area contributed by atoms with Gasteiger partial charge in [0.25, 0.3) is 0 Å². The van der Waals surface area contributed by atoms with Crippen LogP contribution in [-0.2, 0) is 19.0 Å². The number of methoxy groups -OCH3 is 1. The van der Waals surface area contributed by atoms with Gasteiger partial charge in [0.2, 0.25) is 0 Å². The van der Waals surface area contributed by atoms with Crippen molar-refractivity contribution in [3.63, 3.8) is 0 Å². The highest BCUT2D eigenvalue weighted by molar-refractivity contribution is 5.66. The minimum Gasteiger partial charge on any atom is -0.458 e. The van der Waals surface area contributed by atoms with Gasteiger partial charge in [-0.3, -0.25) is 4.79 Å². The van der Waals surface area contributed by atoms with Crippen molar-refractivity contribution in [3.05, 3.63) is 12.2 Å². The highest BCUT2D eigenvalue weighted by Gasteiger charge is 2.26. The van der Waals surface area contributed by atoms with E-state index in [-0.39, 0.29) is 24.6 Å². The van der Waals surface area contributed by atoms with Gasteiger partial charge >= 0.3 is 12.1 Å². The number of carbonyl (C=O) groups is 2. The number of esters is 1. The Morgan fingerprint density at radius 3 is 2.80 bits per heavy atom. The number of hydrogen-bond acceptors (Lipinski definition) is 5. The van der Waals surface area contributed by atoms with Crippen molar-refractivity contribution in [2.75, 3.05) is 13.7 Å². The molecule has 5 heteroatoms. The van der Waals surface area contributed by atoms with Gasteiger partial charge in [-0.15, -0.1) is 0 Å². The highest BCUT2D eigenvalue weighted by atomic mass is 16.7. The van der Waals surface area contributed by atoms with Crippen LogP contribution < -0.4 is 0 Å². The third kappa shape index (κ3) is 3.61. The van der Waals surface area contributed by atoms with Crippen LogP contribution in [0.2, 0.25) is 0 Å². The molecule has 0 bridgehead atoms. The molecule has 2 atom stereocenters. The van der Waals surface area contributed by atoms with E-state index in [9.17, 15) is 9.59 Å². The molecule has 0 aliphatic heterocycles. The predicted octanol–water partition coefficient (Wildman–Crippen LogP) is 1.28. The molecule has 2 unspecified atom stereocenters. The van der Waals surface area contributed by atoms with Crippen molar-refractivity contribution in [2.24, 2.45) is 5.92 Å². The van der Waals surface area contributed by atoms with Crippen LogP contribution in [-0.4, -0.2) is 31.9 Å². The van der Waals surface area contributed by atoms with Crippen molar-refractivity contribution in [1.82, 2.24) is 0 Å². The molecular formula is C10H14O5. The summed E-state index contributed by atoms with van der Waals surface area (Å²) in [7, 11) is 1.25. The molecule has 0 aromatic rings. The van der Waals surface area contributed by atoms with Crippen LogP contribution in [0.3, 0.4) is 0 Å². The summed E-state index contributed by atoms with van der Waals surface area (Å²) in [6.07, 6.45) is 3.41. The summed E-state index contributed by atoms with van der Waals surface area (Å²) in [5.74, 6) is -0.345. The average molecular weight is 214 g/mol. The van der Waals surface area contributed by atoms with Gasteiger partial charge in [0.15, 0.2) is 0 Å². The zero-order chi connectivity index (χ0) is 11.3. The maximum Gasteiger partial charge on any atom is 0.507 e. The molecule has 1 aliphatic rings. The predicted molar refractivity (Wildman–Crippen MR) is 51.2 cm³/mol. The van der Waals surface area contributed by atoms with Crippen LogP contribution in [0, 0.1) is 5.92 Å². The second kappa shape index (κ2) is 5.38. The van der Waals surface area contributed by atoms with Gasteiger partial charge in [-0.25, -0.2) is 4.79 Å². The summed E-state index contributed by atoms with van der Waals surface area (Å²) in [5, 5.41) is 0. The fourth-order valence-electron chi connectivity index (χ4n) is 1.40. The molecule has 0 heterocycles. The normalized spacial score (nSPS) is 23.6. The summed E-state index contributed by atoms with van der Waals surface area (Å²) in [6.45, 7) is 1.54. The van der Waals surface area contributed by atoms with Gasteiger partial charge in [0.1, 0.15) is 12.7 Å². The van der Waals surface area contributed by atoms with Crippen molar-refractivity contribution in [3.8, 4) is 0 Å². The maximum atomic E-state index is 10.8. The molecule has 1 rings (SSSR count). The van der Waals surface area contributed by atoms with Crippen molar-refractivity contribution in [2.45, 2.75) is 19.4 Å². The van der Waals surface area contributed by atoms with Crippen molar-refractivity contribution >= 4 is 12.1 Å². The smallest absolute Gasteiger partial charge is 0.458 e. The lowest BCUT2D eigenvalue weighted by Gasteiger charge is -2.18. The molecule has 1 aliphatic carbocycles. The van der Waals surface area contributed by atoms with Crippen molar-refractivity contribution < 1.29 is 23.8 Å². The topological polar surface area (TPSA) is 61.8 Å². The van der Waals surface area contributed by atoms with E-state index >= 15 is 0 Å². The molecule has 0 N–H and O–H groups in total. The number of rotatable bonds is 3. The standard InChI is InChI=1S/C10H14O5/c1-7(11)15-9-5-3-4-8(9)6-14-10(12)13-2/h3,5,8-9H,4,6H2,1-2H3. The summed E-state index contributed by atoms with van der Waals surface area (Å²) >= 11 is 0. The van der Waals surface area contributed by atoms with E-state index in [1.54, 1.807) is 6.08 Å². The lowest BCUT2D eigenvalue weighted by atomic mass is 10.1. The zero-order valence-corrected chi connectivity index (χ0v) is 8.76. The largest absolute Gasteiger partial charge is 0.507 e. The van der Waals surface area contributed by atoms with Gasteiger partial charge in [-0.2, -0.15) is 0 Å². The molecule has 0 saturated heterocycles. The maximum absolute atomic E-state index is 10.8. The Labute approximate surface area is 88.0 Å². The Hall–Kier alpha value is -1.52. The molecule has 5 nitrogen and oxygen atoms in total. The third-order valence-electron chi connectivity index (χ3n) is 2.11. The lowest BCUT2D eigenvalue weighted by Crippen LogP contribution is -2.25. The minimum atomic E-state index is -0.719. The van der Waals surface area contributed by atoms with E-state index < -0.39 is 6.16 Å². The number of hydrogen-bond donors (Lipinski definition) is 0. The Kier molecular flexibility index (Phi) is 4.15. The number of carbonyl (C=O) groups excluding carboxylic acids is 2. The molecule has 0 aromatic carbocycles. The monoisotopic (exact) mass is 214 g/mol. The van der Waals surface area contributed by atoms with E-state index in [0.717, 1.165) is 6.42 Å². The first-order valence-electron chi connectivity index (χ1n) is 4.68. The first kappa shape index (κ1) is 11.6. The van der Waals surface area contributed by atoms with Crippen molar-refractivity contribution in [1.29, 1.82) is 0 Å². The van der Waals surface area contributed by atoms with Crippen LogP contribution >= 0.6 is 0 Å². The average Bonchev–Trinajstić information content (AvgIpc) is 2.61.